The highest BCUT2D eigenvalue weighted by Crippen LogP contribution is 2.23. The molecule has 0 aromatic heterocycles. The first-order chi connectivity index (χ1) is 8.54. The van der Waals surface area contributed by atoms with Crippen LogP contribution < -0.4 is 16.0 Å². The summed E-state index contributed by atoms with van der Waals surface area (Å²) in [5.41, 5.74) is 7.41. The zero-order chi connectivity index (χ0) is 13.5. The third kappa shape index (κ3) is 4.66. The van der Waals surface area contributed by atoms with Gasteiger partial charge in [0.25, 0.3) is 0 Å². The van der Waals surface area contributed by atoms with Gasteiger partial charge in [-0.25, -0.2) is 0 Å². The van der Waals surface area contributed by atoms with Crippen LogP contribution in [0, 0.1) is 0 Å². The molecule has 0 saturated heterocycles. The SMILES string of the molecule is CCCNCc1cc(Br)ccc1N(C)CC(N)=O. The Bertz CT molecular complexity index is 409. The summed E-state index contributed by atoms with van der Waals surface area (Å²) < 4.78 is 1.03. The lowest BCUT2D eigenvalue weighted by atomic mass is 10.1. The van der Waals surface area contributed by atoms with E-state index in [1.807, 2.05) is 24.1 Å². The highest BCUT2D eigenvalue weighted by molar-refractivity contribution is 9.10. The van der Waals surface area contributed by atoms with Crippen LogP contribution in [0.5, 0.6) is 0 Å². The van der Waals surface area contributed by atoms with E-state index >= 15 is 0 Å². The summed E-state index contributed by atoms with van der Waals surface area (Å²) >= 11 is 3.47. The number of primary amides is 1. The van der Waals surface area contributed by atoms with Crippen LogP contribution in [-0.2, 0) is 11.3 Å². The number of hydrogen-bond acceptors (Lipinski definition) is 3. The molecular weight excluding hydrogens is 294 g/mol. The number of benzene rings is 1. The maximum absolute atomic E-state index is 11.0. The topological polar surface area (TPSA) is 58.4 Å². The predicted molar refractivity (Wildman–Crippen MR) is 78.6 cm³/mol. The molecule has 1 aromatic rings. The number of halogens is 1. The van der Waals surface area contributed by atoms with E-state index in [1.165, 1.54) is 0 Å². The average Bonchev–Trinajstić information content (AvgIpc) is 2.28. The molecule has 3 N–H and O–H groups in total. The molecule has 5 heteroatoms. The Morgan fingerprint density at radius 3 is 2.83 bits per heavy atom. The maximum Gasteiger partial charge on any atom is 0.236 e. The van der Waals surface area contributed by atoms with E-state index in [2.05, 4.69) is 34.2 Å². The minimum Gasteiger partial charge on any atom is -0.368 e. The van der Waals surface area contributed by atoms with Gasteiger partial charge >= 0.3 is 0 Å². The van der Waals surface area contributed by atoms with Gasteiger partial charge in [0.2, 0.25) is 5.91 Å². The van der Waals surface area contributed by atoms with E-state index in [-0.39, 0.29) is 12.5 Å². The highest BCUT2D eigenvalue weighted by atomic mass is 79.9. The van der Waals surface area contributed by atoms with Crippen molar-refractivity contribution < 1.29 is 4.79 Å². The molecule has 0 saturated carbocycles. The van der Waals surface area contributed by atoms with Gasteiger partial charge in [-0.3, -0.25) is 4.79 Å². The number of nitrogens with two attached hydrogens (primary N) is 1. The van der Waals surface area contributed by atoms with Crippen molar-refractivity contribution in [3.8, 4) is 0 Å². The Kier molecular flexibility index (Phi) is 6.15. The quantitative estimate of drug-likeness (QED) is 0.756. The van der Waals surface area contributed by atoms with Crippen molar-refractivity contribution in [3.63, 3.8) is 0 Å². The van der Waals surface area contributed by atoms with Gasteiger partial charge in [0.05, 0.1) is 6.54 Å². The summed E-state index contributed by atoms with van der Waals surface area (Å²) in [5.74, 6) is -0.326. The number of amides is 1. The molecule has 0 heterocycles. The van der Waals surface area contributed by atoms with Crippen LogP contribution >= 0.6 is 15.9 Å². The molecule has 1 aromatic carbocycles. The molecule has 1 amide bonds. The fourth-order valence-electron chi connectivity index (χ4n) is 1.79. The lowest BCUT2D eigenvalue weighted by Crippen LogP contribution is -2.31. The second-order valence-corrected chi connectivity index (χ2v) is 5.19. The Morgan fingerprint density at radius 2 is 2.22 bits per heavy atom. The molecule has 0 aliphatic rings. The van der Waals surface area contributed by atoms with Crippen LogP contribution in [-0.4, -0.2) is 26.0 Å². The molecule has 1 rings (SSSR count). The molecule has 0 radical (unpaired) electrons. The monoisotopic (exact) mass is 313 g/mol. The number of hydrogen-bond donors (Lipinski definition) is 2. The zero-order valence-electron chi connectivity index (χ0n) is 10.9. The Labute approximate surface area is 117 Å². The molecule has 4 nitrogen and oxygen atoms in total. The van der Waals surface area contributed by atoms with Crippen molar-refractivity contribution in [2.45, 2.75) is 19.9 Å². The van der Waals surface area contributed by atoms with E-state index in [0.717, 1.165) is 35.2 Å². The van der Waals surface area contributed by atoms with Crippen LogP contribution in [0.2, 0.25) is 0 Å². The Morgan fingerprint density at radius 1 is 1.50 bits per heavy atom. The maximum atomic E-state index is 11.0. The Hall–Kier alpha value is -1.07. The molecule has 0 spiro atoms. The zero-order valence-corrected chi connectivity index (χ0v) is 12.5. The van der Waals surface area contributed by atoms with Crippen molar-refractivity contribution in [2.24, 2.45) is 5.73 Å². The van der Waals surface area contributed by atoms with Gasteiger partial charge in [-0.1, -0.05) is 22.9 Å². The number of nitrogens with zero attached hydrogens (tertiary/aromatic N) is 1. The van der Waals surface area contributed by atoms with E-state index in [4.69, 9.17) is 5.73 Å². The summed E-state index contributed by atoms with van der Waals surface area (Å²) in [4.78, 5) is 12.9. The van der Waals surface area contributed by atoms with Crippen molar-refractivity contribution in [1.82, 2.24) is 5.32 Å². The second-order valence-electron chi connectivity index (χ2n) is 4.27. The summed E-state index contributed by atoms with van der Waals surface area (Å²) in [6, 6.07) is 6.03. The molecule has 0 aliphatic carbocycles. The van der Waals surface area contributed by atoms with E-state index in [0.29, 0.717) is 0 Å². The van der Waals surface area contributed by atoms with Gasteiger partial charge in [0, 0.05) is 23.8 Å². The van der Waals surface area contributed by atoms with Crippen LogP contribution in [0.25, 0.3) is 0 Å². The first kappa shape index (κ1) is 15.0. The van der Waals surface area contributed by atoms with Gasteiger partial charge < -0.3 is 16.0 Å². The van der Waals surface area contributed by atoms with E-state index in [9.17, 15) is 4.79 Å². The largest absolute Gasteiger partial charge is 0.368 e. The van der Waals surface area contributed by atoms with Crippen molar-refractivity contribution in [2.75, 3.05) is 25.0 Å². The third-order valence-electron chi connectivity index (χ3n) is 2.59. The number of likely N-dealkylation sites (N-methyl/N-ethyl adjacent to an activating group) is 1. The van der Waals surface area contributed by atoms with Gasteiger partial charge in [-0.05, 0) is 36.7 Å². The predicted octanol–water partition coefficient (Wildman–Crippen LogP) is 1.87. The fraction of sp³-hybridized carbons (Fsp3) is 0.462. The summed E-state index contributed by atoms with van der Waals surface area (Å²) in [7, 11) is 1.87. The normalized spacial score (nSPS) is 10.4. The van der Waals surface area contributed by atoms with Crippen LogP contribution in [0.15, 0.2) is 22.7 Å². The minimum absolute atomic E-state index is 0.225. The number of carbonyl (C=O) groups is 1. The average molecular weight is 314 g/mol. The van der Waals surface area contributed by atoms with E-state index < -0.39 is 0 Å². The van der Waals surface area contributed by atoms with Crippen LogP contribution in [0.4, 0.5) is 5.69 Å². The molecule has 18 heavy (non-hydrogen) atoms. The van der Waals surface area contributed by atoms with Crippen molar-refractivity contribution in [3.05, 3.63) is 28.2 Å². The summed E-state index contributed by atoms with van der Waals surface area (Å²) in [6.07, 6.45) is 1.10. The van der Waals surface area contributed by atoms with Gasteiger partial charge in [-0.2, -0.15) is 0 Å². The molecule has 0 atom stereocenters. The minimum atomic E-state index is -0.326. The summed E-state index contributed by atoms with van der Waals surface area (Å²) in [6.45, 7) is 4.12. The van der Waals surface area contributed by atoms with Crippen molar-refractivity contribution >= 4 is 27.5 Å². The third-order valence-corrected chi connectivity index (χ3v) is 3.08. The second kappa shape index (κ2) is 7.38. The Balaban J connectivity index is 2.84. The molecule has 0 unspecified atom stereocenters. The first-order valence-electron chi connectivity index (χ1n) is 6.03. The van der Waals surface area contributed by atoms with Gasteiger partial charge in [0.15, 0.2) is 0 Å². The number of carbonyl (C=O) groups excluding carboxylic acids is 1. The number of rotatable bonds is 7. The highest BCUT2D eigenvalue weighted by Gasteiger charge is 2.09. The lowest BCUT2D eigenvalue weighted by molar-refractivity contribution is -0.116. The fourth-order valence-corrected chi connectivity index (χ4v) is 2.20. The van der Waals surface area contributed by atoms with E-state index in [1.54, 1.807) is 0 Å². The van der Waals surface area contributed by atoms with Gasteiger partial charge in [-0.15, -0.1) is 0 Å². The van der Waals surface area contributed by atoms with Crippen LogP contribution in [0.3, 0.4) is 0 Å². The number of anilines is 1. The summed E-state index contributed by atoms with van der Waals surface area (Å²) in [5, 5.41) is 3.36. The van der Waals surface area contributed by atoms with Crippen molar-refractivity contribution in [1.29, 1.82) is 0 Å². The smallest absolute Gasteiger partial charge is 0.236 e. The standard InChI is InChI=1S/C13H20BrN3O/c1-3-6-16-8-10-7-11(14)4-5-12(10)17(2)9-13(15)18/h4-5,7,16H,3,6,8-9H2,1-2H3,(H2,15,18). The van der Waals surface area contributed by atoms with Crippen LogP contribution in [0.1, 0.15) is 18.9 Å². The molecule has 0 fully saturated rings. The number of nitrogens with one attached hydrogen (secondary N) is 1. The molecule has 100 valence electrons. The van der Waals surface area contributed by atoms with Gasteiger partial charge in [0.1, 0.15) is 0 Å². The lowest BCUT2D eigenvalue weighted by Gasteiger charge is -2.21. The first-order valence-corrected chi connectivity index (χ1v) is 6.82. The molecule has 0 aliphatic heterocycles. The molecular formula is C13H20BrN3O. The molecule has 0 bridgehead atoms.